The van der Waals surface area contributed by atoms with Crippen molar-refractivity contribution < 1.29 is 4.42 Å². The van der Waals surface area contributed by atoms with Crippen LogP contribution in [0.25, 0.3) is 11.1 Å². The van der Waals surface area contributed by atoms with Gasteiger partial charge in [-0.1, -0.05) is 29.8 Å². The van der Waals surface area contributed by atoms with E-state index in [1.807, 2.05) is 42.6 Å². The molecule has 0 saturated carbocycles. The van der Waals surface area contributed by atoms with Crippen LogP contribution in [0.3, 0.4) is 0 Å². The number of oxazole rings is 1. The summed E-state index contributed by atoms with van der Waals surface area (Å²) < 4.78 is 5.95. The van der Waals surface area contributed by atoms with Gasteiger partial charge >= 0.3 is 0 Å². The molecule has 0 spiro atoms. The minimum absolute atomic E-state index is 0.358. The Bertz CT molecular complexity index is 766. The molecule has 0 radical (unpaired) electrons. The van der Waals surface area contributed by atoms with Crippen molar-refractivity contribution in [3.63, 3.8) is 0 Å². The predicted octanol–water partition coefficient (Wildman–Crippen LogP) is 4.26. The van der Waals surface area contributed by atoms with Gasteiger partial charge in [0.1, 0.15) is 10.7 Å². The first-order chi connectivity index (χ1) is 11.3. The van der Waals surface area contributed by atoms with E-state index < -0.39 is 0 Å². The minimum atomic E-state index is 0.358. The van der Waals surface area contributed by atoms with Gasteiger partial charge in [0.05, 0.1) is 0 Å². The van der Waals surface area contributed by atoms with Crippen molar-refractivity contribution >= 4 is 22.7 Å². The lowest BCUT2D eigenvalue weighted by Crippen LogP contribution is -2.34. The Morgan fingerprint density at radius 1 is 1.22 bits per heavy atom. The summed E-state index contributed by atoms with van der Waals surface area (Å²) in [6.07, 6.45) is 4.14. The van der Waals surface area contributed by atoms with E-state index in [0.29, 0.717) is 11.1 Å². The summed E-state index contributed by atoms with van der Waals surface area (Å²) in [6.45, 7) is 2.95. The number of halogens is 1. The molecule has 0 aliphatic carbocycles. The first-order valence-corrected chi connectivity index (χ1v) is 8.34. The van der Waals surface area contributed by atoms with Crippen LogP contribution in [0.1, 0.15) is 30.2 Å². The first kappa shape index (κ1) is 14.7. The minimum Gasteiger partial charge on any atom is -0.440 e. The molecular weight excluding hydrogens is 310 g/mol. The summed E-state index contributed by atoms with van der Waals surface area (Å²) in [6, 6.07) is 11.8. The summed E-state index contributed by atoms with van der Waals surface area (Å²) in [7, 11) is 0. The van der Waals surface area contributed by atoms with E-state index in [-0.39, 0.29) is 0 Å². The predicted molar refractivity (Wildman–Crippen MR) is 90.5 cm³/mol. The first-order valence-electron chi connectivity index (χ1n) is 7.96. The van der Waals surface area contributed by atoms with Crippen LogP contribution in [-0.2, 0) is 6.54 Å². The van der Waals surface area contributed by atoms with Gasteiger partial charge in [-0.2, -0.15) is 0 Å². The van der Waals surface area contributed by atoms with Crippen molar-refractivity contribution in [2.75, 3.05) is 13.1 Å². The smallest absolute Gasteiger partial charge is 0.199 e. The fraction of sp³-hybridized carbons (Fsp3) is 0.333. The highest BCUT2D eigenvalue weighted by atomic mass is 35.5. The van der Waals surface area contributed by atoms with Crippen molar-refractivity contribution in [2.45, 2.75) is 25.3 Å². The average molecular weight is 328 g/mol. The van der Waals surface area contributed by atoms with Crippen molar-refractivity contribution in [1.29, 1.82) is 0 Å². The van der Waals surface area contributed by atoms with Crippen molar-refractivity contribution in [3.8, 4) is 0 Å². The number of nitrogens with zero attached hydrogens (tertiary/aromatic N) is 3. The lowest BCUT2D eigenvalue weighted by atomic mass is 9.97. The van der Waals surface area contributed by atoms with Gasteiger partial charge in [0.15, 0.2) is 11.5 Å². The van der Waals surface area contributed by atoms with Gasteiger partial charge < -0.3 is 4.42 Å². The number of hydrogen-bond acceptors (Lipinski definition) is 4. The molecule has 0 N–H and O–H groups in total. The molecule has 1 aliphatic heterocycles. The van der Waals surface area contributed by atoms with Gasteiger partial charge in [-0.3, -0.25) is 4.90 Å². The largest absolute Gasteiger partial charge is 0.440 e. The maximum atomic E-state index is 5.95. The van der Waals surface area contributed by atoms with E-state index in [1.54, 1.807) is 0 Å². The maximum absolute atomic E-state index is 5.95. The van der Waals surface area contributed by atoms with Gasteiger partial charge in [-0.05, 0) is 43.1 Å². The Labute approximate surface area is 140 Å². The highest BCUT2D eigenvalue weighted by Gasteiger charge is 2.25. The fourth-order valence-electron chi connectivity index (χ4n) is 3.22. The molecule has 3 aromatic rings. The summed E-state index contributed by atoms with van der Waals surface area (Å²) in [5.74, 6) is 1.22. The van der Waals surface area contributed by atoms with Crippen LogP contribution >= 0.6 is 11.6 Å². The number of likely N-dealkylation sites (tertiary alicyclic amines) is 1. The number of rotatable bonds is 3. The second kappa shape index (κ2) is 6.30. The molecule has 2 aromatic heterocycles. The fourth-order valence-corrected chi connectivity index (χ4v) is 3.34. The van der Waals surface area contributed by atoms with E-state index in [1.165, 1.54) is 5.56 Å². The molecule has 1 atom stereocenters. The van der Waals surface area contributed by atoms with Crippen LogP contribution < -0.4 is 0 Å². The topological polar surface area (TPSA) is 42.2 Å². The summed E-state index contributed by atoms with van der Waals surface area (Å²) in [5, 5.41) is 0.539. The third-order valence-corrected chi connectivity index (χ3v) is 4.58. The Morgan fingerprint density at radius 3 is 2.96 bits per heavy atom. The van der Waals surface area contributed by atoms with Crippen LogP contribution in [-0.4, -0.2) is 28.0 Å². The Balaban J connectivity index is 1.49. The van der Waals surface area contributed by atoms with Crippen LogP contribution in [0.2, 0.25) is 5.15 Å². The van der Waals surface area contributed by atoms with Gasteiger partial charge in [0, 0.05) is 25.2 Å². The van der Waals surface area contributed by atoms with Gasteiger partial charge in [-0.25, -0.2) is 9.97 Å². The molecule has 23 heavy (non-hydrogen) atoms. The van der Waals surface area contributed by atoms with Gasteiger partial charge in [0.2, 0.25) is 0 Å². The Kier molecular flexibility index (Phi) is 4.02. The molecule has 118 valence electrons. The van der Waals surface area contributed by atoms with E-state index in [2.05, 4.69) is 14.9 Å². The van der Waals surface area contributed by atoms with Crippen LogP contribution in [0, 0.1) is 0 Å². The SMILES string of the molecule is Clc1ccc(CN2CCC[C@H](c3nc4ccccc4o3)C2)cn1. The molecular formula is C18H18ClN3O. The number of hydrogen-bond donors (Lipinski definition) is 0. The molecule has 0 unspecified atom stereocenters. The second-order valence-electron chi connectivity index (χ2n) is 6.08. The monoisotopic (exact) mass is 327 g/mol. The molecule has 1 fully saturated rings. The molecule has 3 heterocycles. The summed E-state index contributed by atoms with van der Waals surface area (Å²) in [5.41, 5.74) is 3.01. The third-order valence-electron chi connectivity index (χ3n) is 4.36. The Morgan fingerprint density at radius 2 is 2.13 bits per heavy atom. The van der Waals surface area contributed by atoms with E-state index in [0.717, 1.165) is 49.5 Å². The molecule has 4 rings (SSSR count). The normalized spacial score (nSPS) is 19.3. The maximum Gasteiger partial charge on any atom is 0.199 e. The molecule has 1 aromatic carbocycles. The van der Waals surface area contributed by atoms with E-state index in [9.17, 15) is 0 Å². The standard InChI is InChI=1S/C18H18ClN3O/c19-17-8-7-13(10-20-17)11-22-9-3-4-14(12-22)18-21-15-5-1-2-6-16(15)23-18/h1-2,5-8,10,14H,3-4,9,11-12H2/t14-/m0/s1. The van der Waals surface area contributed by atoms with Gasteiger partial charge in [-0.15, -0.1) is 0 Å². The lowest BCUT2D eigenvalue weighted by Gasteiger charge is -2.31. The quantitative estimate of drug-likeness (QED) is 0.674. The van der Waals surface area contributed by atoms with Crippen molar-refractivity contribution in [3.05, 3.63) is 59.2 Å². The molecule has 1 saturated heterocycles. The number of benzene rings is 1. The highest BCUT2D eigenvalue weighted by molar-refractivity contribution is 6.29. The van der Waals surface area contributed by atoms with E-state index in [4.69, 9.17) is 16.0 Å². The number of pyridine rings is 1. The van der Waals surface area contributed by atoms with Crippen LogP contribution in [0.4, 0.5) is 0 Å². The zero-order valence-corrected chi connectivity index (χ0v) is 13.5. The zero-order chi connectivity index (χ0) is 15.6. The zero-order valence-electron chi connectivity index (χ0n) is 12.8. The van der Waals surface area contributed by atoms with Crippen molar-refractivity contribution in [1.82, 2.24) is 14.9 Å². The molecule has 1 aliphatic rings. The molecule has 0 amide bonds. The highest BCUT2D eigenvalue weighted by Crippen LogP contribution is 2.29. The average Bonchev–Trinajstić information content (AvgIpc) is 3.01. The number of piperidine rings is 1. The second-order valence-corrected chi connectivity index (χ2v) is 6.47. The molecule has 0 bridgehead atoms. The number of para-hydroxylation sites is 2. The third kappa shape index (κ3) is 3.23. The number of fused-ring (bicyclic) bond motifs is 1. The lowest BCUT2D eigenvalue weighted by molar-refractivity contribution is 0.187. The summed E-state index contributed by atoms with van der Waals surface area (Å²) in [4.78, 5) is 11.3. The van der Waals surface area contributed by atoms with E-state index >= 15 is 0 Å². The van der Waals surface area contributed by atoms with Crippen LogP contribution in [0.5, 0.6) is 0 Å². The Hall–Kier alpha value is -1.91. The molecule has 5 heteroatoms. The number of aromatic nitrogens is 2. The van der Waals surface area contributed by atoms with Crippen LogP contribution in [0.15, 0.2) is 47.0 Å². The van der Waals surface area contributed by atoms with Gasteiger partial charge in [0.25, 0.3) is 0 Å². The van der Waals surface area contributed by atoms with Crippen molar-refractivity contribution in [2.24, 2.45) is 0 Å². The molecule has 4 nitrogen and oxygen atoms in total. The summed E-state index contributed by atoms with van der Waals surface area (Å²) >= 11 is 5.85.